The van der Waals surface area contributed by atoms with Gasteiger partial charge in [0.1, 0.15) is 11.5 Å². The highest BCUT2D eigenvalue weighted by Crippen LogP contribution is 2.25. The van der Waals surface area contributed by atoms with Gasteiger partial charge in [-0.2, -0.15) is 0 Å². The van der Waals surface area contributed by atoms with Crippen molar-refractivity contribution in [3.63, 3.8) is 0 Å². The molecule has 1 aromatic rings. The molecule has 0 bridgehead atoms. The van der Waals surface area contributed by atoms with Crippen molar-refractivity contribution in [3.8, 4) is 11.5 Å². The fraction of sp³-hybridized carbons (Fsp3) is 0.588. The summed E-state index contributed by atoms with van der Waals surface area (Å²) in [7, 11) is 5.25. The van der Waals surface area contributed by atoms with Crippen molar-refractivity contribution in [2.45, 2.75) is 31.7 Å². The summed E-state index contributed by atoms with van der Waals surface area (Å²) in [6.07, 6.45) is 3.38. The molecule has 1 aliphatic rings. The lowest BCUT2D eigenvalue weighted by Gasteiger charge is -2.32. The minimum Gasteiger partial charge on any atom is -0.497 e. The monoisotopic (exact) mass is 342 g/mol. The summed E-state index contributed by atoms with van der Waals surface area (Å²) in [5.74, 6) is 1.81. The van der Waals surface area contributed by atoms with Gasteiger partial charge in [-0.05, 0) is 50.1 Å². The number of nitrogens with one attached hydrogen (secondary N) is 1. The number of amides is 1. The lowest BCUT2D eigenvalue weighted by molar-refractivity contribution is -0.132. The molecule has 1 aromatic carbocycles. The predicted octanol–water partition coefficient (Wildman–Crippen LogP) is 2.27. The fourth-order valence-electron chi connectivity index (χ4n) is 2.92. The van der Waals surface area contributed by atoms with Gasteiger partial charge in [-0.3, -0.25) is 4.79 Å². The normalized spacial score (nSPS) is 17.3. The SMILES string of the molecule is CNC1CCCN(C(=O)CCc2cc(OC)ccc2OC)C1.Cl. The molecular weight excluding hydrogens is 316 g/mol. The average molecular weight is 343 g/mol. The summed E-state index contributed by atoms with van der Waals surface area (Å²) in [4.78, 5) is 14.4. The van der Waals surface area contributed by atoms with Crippen molar-refractivity contribution in [3.05, 3.63) is 23.8 Å². The molecule has 130 valence electrons. The van der Waals surface area contributed by atoms with E-state index < -0.39 is 0 Å². The van der Waals surface area contributed by atoms with E-state index in [0.29, 0.717) is 18.9 Å². The second kappa shape index (κ2) is 9.63. The number of likely N-dealkylation sites (tertiary alicyclic amines) is 1. The lowest BCUT2D eigenvalue weighted by atomic mass is 10.0. The van der Waals surface area contributed by atoms with Gasteiger partial charge in [-0.1, -0.05) is 0 Å². The highest BCUT2D eigenvalue weighted by atomic mass is 35.5. The van der Waals surface area contributed by atoms with Crippen LogP contribution in [0.4, 0.5) is 0 Å². The average Bonchev–Trinajstić information content (AvgIpc) is 2.59. The number of halogens is 1. The van der Waals surface area contributed by atoms with Crippen LogP contribution in [0.25, 0.3) is 0 Å². The number of rotatable bonds is 6. The van der Waals surface area contributed by atoms with Gasteiger partial charge >= 0.3 is 0 Å². The first-order valence-electron chi connectivity index (χ1n) is 7.84. The first-order valence-corrected chi connectivity index (χ1v) is 7.84. The number of carbonyl (C=O) groups excluding carboxylic acids is 1. The van der Waals surface area contributed by atoms with E-state index in [-0.39, 0.29) is 18.3 Å². The van der Waals surface area contributed by atoms with Gasteiger partial charge in [0.15, 0.2) is 0 Å². The van der Waals surface area contributed by atoms with E-state index in [0.717, 1.165) is 43.0 Å². The molecular formula is C17H27ClN2O3. The third kappa shape index (κ3) is 5.29. The standard InChI is InChI=1S/C17H26N2O3.ClH/c1-18-14-5-4-10-19(12-14)17(20)9-6-13-11-15(21-2)7-8-16(13)22-3;/h7-8,11,14,18H,4-6,9-10,12H2,1-3H3;1H. The number of nitrogens with zero attached hydrogens (tertiary/aromatic N) is 1. The molecule has 1 saturated heterocycles. The highest BCUT2D eigenvalue weighted by molar-refractivity contribution is 5.85. The molecule has 23 heavy (non-hydrogen) atoms. The van der Waals surface area contributed by atoms with Crippen molar-refractivity contribution in [1.29, 1.82) is 0 Å². The Balaban J connectivity index is 0.00000264. The highest BCUT2D eigenvalue weighted by Gasteiger charge is 2.22. The molecule has 5 nitrogen and oxygen atoms in total. The Hall–Kier alpha value is -1.46. The van der Waals surface area contributed by atoms with Crippen molar-refractivity contribution in [1.82, 2.24) is 10.2 Å². The molecule has 1 N–H and O–H groups in total. The minimum atomic E-state index is 0. The number of hydrogen-bond donors (Lipinski definition) is 1. The third-order valence-electron chi connectivity index (χ3n) is 4.28. The van der Waals surface area contributed by atoms with Gasteiger partial charge in [0, 0.05) is 25.6 Å². The maximum atomic E-state index is 12.4. The summed E-state index contributed by atoms with van der Waals surface area (Å²) in [6.45, 7) is 1.68. The first kappa shape index (κ1) is 19.6. The Morgan fingerprint density at radius 1 is 1.35 bits per heavy atom. The molecule has 1 heterocycles. The van der Waals surface area contributed by atoms with Crippen LogP contribution < -0.4 is 14.8 Å². The van der Waals surface area contributed by atoms with Crippen LogP contribution in [0.5, 0.6) is 11.5 Å². The van der Waals surface area contributed by atoms with Crippen LogP contribution in [0.3, 0.4) is 0 Å². The maximum Gasteiger partial charge on any atom is 0.222 e. The summed E-state index contributed by atoms with van der Waals surface area (Å²) in [5, 5.41) is 3.27. The van der Waals surface area contributed by atoms with Crippen LogP contribution >= 0.6 is 12.4 Å². The molecule has 1 fully saturated rings. The second-order valence-electron chi connectivity index (χ2n) is 5.65. The lowest BCUT2D eigenvalue weighted by Crippen LogP contribution is -2.47. The van der Waals surface area contributed by atoms with E-state index in [1.54, 1.807) is 14.2 Å². The number of likely N-dealkylation sites (N-methyl/N-ethyl adjacent to an activating group) is 1. The Bertz CT molecular complexity index is 511. The molecule has 1 atom stereocenters. The van der Waals surface area contributed by atoms with Crippen LogP contribution in [-0.2, 0) is 11.2 Å². The van der Waals surface area contributed by atoms with E-state index in [9.17, 15) is 4.79 Å². The quantitative estimate of drug-likeness (QED) is 0.861. The van der Waals surface area contributed by atoms with Crippen molar-refractivity contribution in [2.24, 2.45) is 0 Å². The van der Waals surface area contributed by atoms with E-state index in [2.05, 4.69) is 5.32 Å². The van der Waals surface area contributed by atoms with Crippen LogP contribution in [0, 0.1) is 0 Å². The van der Waals surface area contributed by atoms with Crippen LogP contribution in [-0.4, -0.2) is 51.2 Å². The van der Waals surface area contributed by atoms with Gasteiger partial charge in [0.2, 0.25) is 5.91 Å². The summed E-state index contributed by atoms with van der Waals surface area (Å²) in [5.41, 5.74) is 1.01. The van der Waals surface area contributed by atoms with Crippen LogP contribution in [0.1, 0.15) is 24.8 Å². The fourth-order valence-corrected chi connectivity index (χ4v) is 2.92. The number of methoxy groups -OCH3 is 2. The molecule has 0 radical (unpaired) electrons. The van der Waals surface area contributed by atoms with Crippen LogP contribution in [0.2, 0.25) is 0 Å². The number of piperidine rings is 1. The smallest absolute Gasteiger partial charge is 0.222 e. The van der Waals surface area contributed by atoms with Gasteiger partial charge in [-0.25, -0.2) is 0 Å². The number of hydrogen-bond acceptors (Lipinski definition) is 4. The van der Waals surface area contributed by atoms with Crippen molar-refractivity contribution in [2.75, 3.05) is 34.4 Å². The molecule has 0 aromatic heterocycles. The molecule has 1 aliphatic heterocycles. The first-order chi connectivity index (χ1) is 10.7. The van der Waals surface area contributed by atoms with E-state index in [4.69, 9.17) is 9.47 Å². The van der Waals surface area contributed by atoms with Gasteiger partial charge in [0.05, 0.1) is 14.2 Å². The number of ether oxygens (including phenoxy) is 2. The minimum absolute atomic E-state index is 0. The Morgan fingerprint density at radius 3 is 2.78 bits per heavy atom. The molecule has 2 rings (SSSR count). The molecule has 0 saturated carbocycles. The van der Waals surface area contributed by atoms with Gasteiger partial charge < -0.3 is 19.7 Å². The Morgan fingerprint density at radius 2 is 2.13 bits per heavy atom. The van der Waals surface area contributed by atoms with Crippen molar-refractivity contribution < 1.29 is 14.3 Å². The predicted molar refractivity (Wildman–Crippen MR) is 93.8 cm³/mol. The zero-order chi connectivity index (χ0) is 15.9. The topological polar surface area (TPSA) is 50.8 Å². The molecule has 1 unspecified atom stereocenters. The molecule has 0 aliphatic carbocycles. The molecule has 6 heteroatoms. The number of aryl methyl sites for hydroxylation is 1. The largest absolute Gasteiger partial charge is 0.497 e. The zero-order valence-electron chi connectivity index (χ0n) is 14.1. The maximum absolute atomic E-state index is 12.4. The molecule has 0 spiro atoms. The Kier molecular flexibility index (Phi) is 8.20. The van der Waals surface area contributed by atoms with Crippen molar-refractivity contribution >= 4 is 18.3 Å². The van der Waals surface area contributed by atoms with Gasteiger partial charge in [0.25, 0.3) is 0 Å². The zero-order valence-corrected chi connectivity index (χ0v) is 14.9. The molecule has 1 amide bonds. The Labute approximate surface area is 144 Å². The van der Waals surface area contributed by atoms with E-state index in [1.165, 1.54) is 0 Å². The van der Waals surface area contributed by atoms with Gasteiger partial charge in [-0.15, -0.1) is 12.4 Å². The number of benzene rings is 1. The van der Waals surface area contributed by atoms with E-state index >= 15 is 0 Å². The summed E-state index contributed by atoms with van der Waals surface area (Å²) < 4.78 is 10.6. The second-order valence-corrected chi connectivity index (χ2v) is 5.65. The number of carbonyl (C=O) groups is 1. The summed E-state index contributed by atoms with van der Waals surface area (Å²) >= 11 is 0. The third-order valence-corrected chi connectivity index (χ3v) is 4.28. The van der Waals surface area contributed by atoms with Crippen LogP contribution in [0.15, 0.2) is 18.2 Å². The van der Waals surface area contributed by atoms with E-state index in [1.807, 2.05) is 30.1 Å². The summed E-state index contributed by atoms with van der Waals surface area (Å²) in [6, 6.07) is 6.12.